The molecular weight excluding hydrogens is 246 g/mol. The summed E-state index contributed by atoms with van der Waals surface area (Å²) in [6.45, 7) is 5.97. The normalized spacial score (nSPS) is 24.8. The smallest absolute Gasteiger partial charge is 0.244 e. The second-order valence-electron chi connectivity index (χ2n) is 5.07. The molecule has 104 valence electrons. The van der Waals surface area contributed by atoms with E-state index in [-0.39, 0.29) is 12.5 Å². The monoisotopic (exact) mass is 265 g/mol. The molecule has 3 rings (SSSR count). The van der Waals surface area contributed by atoms with Gasteiger partial charge < -0.3 is 10.2 Å². The highest BCUT2D eigenvalue weighted by molar-refractivity contribution is 5.75. The third kappa shape index (κ3) is 2.90. The zero-order valence-electron chi connectivity index (χ0n) is 10.9. The fraction of sp³-hybridized carbons (Fsp3) is 0.818. The number of carbonyl (C=O) groups is 1. The van der Waals surface area contributed by atoms with Crippen molar-refractivity contribution >= 4 is 5.91 Å². The summed E-state index contributed by atoms with van der Waals surface area (Å²) in [7, 11) is 0. The van der Waals surface area contributed by atoms with Crippen molar-refractivity contribution in [3.63, 3.8) is 0 Å². The maximum absolute atomic E-state index is 12.1. The van der Waals surface area contributed by atoms with E-state index in [0.29, 0.717) is 6.04 Å². The number of nitrogens with one attached hydrogen (secondary N) is 1. The fourth-order valence-corrected chi connectivity index (χ4v) is 2.78. The third-order valence-corrected chi connectivity index (χ3v) is 3.91. The van der Waals surface area contributed by atoms with Crippen LogP contribution in [0, 0.1) is 0 Å². The van der Waals surface area contributed by atoms with Gasteiger partial charge in [0.15, 0.2) is 0 Å². The number of hydrogen-bond donors (Lipinski definition) is 1. The molecule has 19 heavy (non-hydrogen) atoms. The SMILES string of the molecule is O=C(Cn1cnnn1)N1CCN(C2CCNC2)CC1. The molecule has 0 radical (unpaired) electrons. The van der Waals surface area contributed by atoms with E-state index in [4.69, 9.17) is 0 Å². The Bertz CT molecular complexity index is 407. The molecule has 0 aliphatic carbocycles. The molecule has 1 aromatic heterocycles. The van der Waals surface area contributed by atoms with Crippen LogP contribution in [-0.2, 0) is 11.3 Å². The molecule has 1 N–H and O–H groups in total. The van der Waals surface area contributed by atoms with E-state index in [9.17, 15) is 4.79 Å². The molecule has 0 spiro atoms. The molecule has 1 aromatic rings. The van der Waals surface area contributed by atoms with E-state index in [0.717, 1.165) is 39.3 Å². The van der Waals surface area contributed by atoms with Gasteiger partial charge in [0.25, 0.3) is 0 Å². The number of aromatic nitrogens is 4. The van der Waals surface area contributed by atoms with Crippen molar-refractivity contribution in [2.24, 2.45) is 0 Å². The molecule has 8 heteroatoms. The Morgan fingerprint density at radius 1 is 1.32 bits per heavy atom. The van der Waals surface area contributed by atoms with Gasteiger partial charge in [-0.05, 0) is 23.4 Å². The average molecular weight is 265 g/mol. The minimum atomic E-state index is 0.0940. The van der Waals surface area contributed by atoms with Crippen molar-refractivity contribution in [1.29, 1.82) is 0 Å². The first kappa shape index (κ1) is 12.5. The van der Waals surface area contributed by atoms with Gasteiger partial charge in [-0.25, -0.2) is 4.68 Å². The highest BCUT2D eigenvalue weighted by Crippen LogP contribution is 2.12. The summed E-state index contributed by atoms with van der Waals surface area (Å²) in [5, 5.41) is 14.2. The first-order chi connectivity index (χ1) is 9.33. The van der Waals surface area contributed by atoms with Crippen molar-refractivity contribution in [1.82, 2.24) is 35.3 Å². The lowest BCUT2D eigenvalue weighted by Gasteiger charge is -2.37. The number of rotatable bonds is 3. The Morgan fingerprint density at radius 3 is 2.79 bits per heavy atom. The third-order valence-electron chi connectivity index (χ3n) is 3.91. The topological polar surface area (TPSA) is 79.2 Å². The summed E-state index contributed by atoms with van der Waals surface area (Å²) in [5.74, 6) is 0.0940. The number of piperazine rings is 1. The number of nitrogens with zero attached hydrogens (tertiary/aromatic N) is 6. The molecule has 1 amide bonds. The van der Waals surface area contributed by atoms with Crippen LogP contribution in [0.25, 0.3) is 0 Å². The van der Waals surface area contributed by atoms with Crippen molar-refractivity contribution in [3.8, 4) is 0 Å². The van der Waals surface area contributed by atoms with Gasteiger partial charge in [-0.2, -0.15) is 0 Å². The minimum Gasteiger partial charge on any atom is -0.339 e. The Balaban J connectivity index is 1.48. The summed E-state index contributed by atoms with van der Waals surface area (Å²) in [6, 6.07) is 0.650. The molecule has 2 fully saturated rings. The lowest BCUT2D eigenvalue weighted by Crippen LogP contribution is -2.53. The van der Waals surface area contributed by atoms with Crippen LogP contribution in [0.15, 0.2) is 6.33 Å². The van der Waals surface area contributed by atoms with E-state index < -0.39 is 0 Å². The molecule has 1 unspecified atom stereocenters. The average Bonchev–Trinajstić information content (AvgIpc) is 3.12. The summed E-state index contributed by atoms with van der Waals surface area (Å²) < 4.78 is 1.47. The van der Waals surface area contributed by atoms with E-state index >= 15 is 0 Å². The predicted molar refractivity (Wildman–Crippen MR) is 67.2 cm³/mol. The first-order valence-electron chi connectivity index (χ1n) is 6.76. The number of carbonyl (C=O) groups excluding carboxylic acids is 1. The van der Waals surface area contributed by atoms with Gasteiger partial charge in [0, 0.05) is 38.8 Å². The lowest BCUT2D eigenvalue weighted by atomic mass is 10.2. The summed E-state index contributed by atoms with van der Waals surface area (Å²) in [6.07, 6.45) is 2.69. The first-order valence-corrected chi connectivity index (χ1v) is 6.76. The largest absolute Gasteiger partial charge is 0.339 e. The van der Waals surface area contributed by atoms with Gasteiger partial charge >= 0.3 is 0 Å². The Hall–Kier alpha value is -1.54. The van der Waals surface area contributed by atoms with E-state index in [1.54, 1.807) is 0 Å². The van der Waals surface area contributed by atoms with E-state index in [1.807, 2.05) is 4.90 Å². The molecule has 2 aliphatic heterocycles. The van der Waals surface area contributed by atoms with Gasteiger partial charge in [-0.1, -0.05) is 0 Å². The molecule has 0 aromatic carbocycles. The van der Waals surface area contributed by atoms with Crippen molar-refractivity contribution in [2.75, 3.05) is 39.3 Å². The second-order valence-corrected chi connectivity index (χ2v) is 5.07. The van der Waals surface area contributed by atoms with Crippen LogP contribution < -0.4 is 5.32 Å². The van der Waals surface area contributed by atoms with Gasteiger partial charge in [-0.3, -0.25) is 9.69 Å². The maximum Gasteiger partial charge on any atom is 0.244 e. The van der Waals surface area contributed by atoms with Crippen LogP contribution in [-0.4, -0.2) is 81.2 Å². The number of amides is 1. The molecule has 0 bridgehead atoms. The lowest BCUT2D eigenvalue weighted by molar-refractivity contribution is -0.134. The molecule has 2 saturated heterocycles. The molecule has 2 aliphatic rings. The van der Waals surface area contributed by atoms with E-state index in [1.165, 1.54) is 17.4 Å². The zero-order valence-corrected chi connectivity index (χ0v) is 10.9. The van der Waals surface area contributed by atoms with Crippen LogP contribution in [0.5, 0.6) is 0 Å². The molecule has 1 atom stereocenters. The second kappa shape index (κ2) is 5.62. The highest BCUT2D eigenvalue weighted by atomic mass is 16.2. The van der Waals surface area contributed by atoms with Gasteiger partial charge in [0.05, 0.1) is 0 Å². The maximum atomic E-state index is 12.1. The number of tetrazole rings is 1. The van der Waals surface area contributed by atoms with Gasteiger partial charge in [-0.15, -0.1) is 5.10 Å². The van der Waals surface area contributed by atoms with Crippen LogP contribution >= 0.6 is 0 Å². The number of hydrogen-bond acceptors (Lipinski definition) is 6. The Kier molecular flexibility index (Phi) is 3.69. The minimum absolute atomic E-state index is 0.0940. The van der Waals surface area contributed by atoms with Crippen molar-refractivity contribution in [3.05, 3.63) is 6.33 Å². The molecular formula is C11H19N7O. The zero-order chi connectivity index (χ0) is 13.1. The van der Waals surface area contributed by atoms with Crippen molar-refractivity contribution < 1.29 is 4.79 Å². The van der Waals surface area contributed by atoms with Gasteiger partial charge in [0.1, 0.15) is 12.9 Å². The summed E-state index contributed by atoms with van der Waals surface area (Å²) in [5.41, 5.74) is 0. The Morgan fingerprint density at radius 2 is 2.16 bits per heavy atom. The molecule has 0 saturated carbocycles. The highest BCUT2D eigenvalue weighted by Gasteiger charge is 2.27. The van der Waals surface area contributed by atoms with E-state index in [2.05, 4.69) is 25.7 Å². The summed E-state index contributed by atoms with van der Waals surface area (Å²) in [4.78, 5) is 16.5. The van der Waals surface area contributed by atoms with Crippen LogP contribution in [0.4, 0.5) is 0 Å². The quantitative estimate of drug-likeness (QED) is 0.693. The standard InChI is InChI=1S/C11H19N7O/c19-11(8-18-9-13-14-15-18)17-5-3-16(4-6-17)10-1-2-12-7-10/h9-10,12H,1-8H2. The van der Waals surface area contributed by atoms with Gasteiger partial charge in [0.2, 0.25) is 5.91 Å². The Labute approximate surface area is 111 Å². The molecule has 3 heterocycles. The molecule has 8 nitrogen and oxygen atoms in total. The van der Waals surface area contributed by atoms with Crippen molar-refractivity contribution in [2.45, 2.75) is 19.0 Å². The predicted octanol–water partition coefficient (Wildman–Crippen LogP) is -1.82. The van der Waals surface area contributed by atoms with Crippen LogP contribution in [0.2, 0.25) is 0 Å². The summed E-state index contributed by atoms with van der Waals surface area (Å²) >= 11 is 0. The fourth-order valence-electron chi connectivity index (χ4n) is 2.78. The van der Waals surface area contributed by atoms with Crippen LogP contribution in [0.1, 0.15) is 6.42 Å². The van der Waals surface area contributed by atoms with Crippen LogP contribution in [0.3, 0.4) is 0 Å².